The summed E-state index contributed by atoms with van der Waals surface area (Å²) in [5.74, 6) is -0.0650. The van der Waals surface area contributed by atoms with Crippen LogP contribution in [-0.2, 0) is 13.1 Å². The number of hydrogen-bond donors (Lipinski definition) is 1. The predicted molar refractivity (Wildman–Crippen MR) is 99.6 cm³/mol. The number of hydrogen-bond acceptors (Lipinski definition) is 2. The second kappa shape index (κ2) is 7.34. The molecule has 0 saturated carbocycles. The minimum absolute atomic E-state index is 0.0650. The molecular formula is C21H23N3O. The number of aryl methyl sites for hydroxylation is 3. The van der Waals surface area contributed by atoms with E-state index in [-0.39, 0.29) is 5.91 Å². The molecule has 0 saturated heterocycles. The molecule has 3 aromatic rings. The Labute approximate surface area is 148 Å². The average molecular weight is 333 g/mol. The molecule has 3 rings (SSSR count). The Hall–Kier alpha value is -2.88. The van der Waals surface area contributed by atoms with E-state index >= 15 is 0 Å². The van der Waals surface area contributed by atoms with Gasteiger partial charge in [0.2, 0.25) is 0 Å². The van der Waals surface area contributed by atoms with Gasteiger partial charge in [-0.15, -0.1) is 0 Å². The Morgan fingerprint density at radius 2 is 1.80 bits per heavy atom. The summed E-state index contributed by atoms with van der Waals surface area (Å²) in [5.41, 5.74) is 6.10. The zero-order valence-electron chi connectivity index (χ0n) is 14.9. The highest BCUT2D eigenvalue weighted by atomic mass is 16.1. The van der Waals surface area contributed by atoms with Crippen molar-refractivity contribution < 1.29 is 4.79 Å². The van der Waals surface area contributed by atoms with E-state index in [1.165, 1.54) is 11.1 Å². The Kier molecular flexibility index (Phi) is 4.98. The lowest BCUT2D eigenvalue weighted by Gasteiger charge is -2.14. The molecule has 1 amide bonds. The summed E-state index contributed by atoms with van der Waals surface area (Å²) in [5, 5.41) is 2.99. The fourth-order valence-electron chi connectivity index (χ4n) is 3.07. The summed E-state index contributed by atoms with van der Waals surface area (Å²) in [6, 6.07) is 16.0. The number of pyridine rings is 1. The average Bonchev–Trinajstić information content (AvgIpc) is 2.89. The highest BCUT2D eigenvalue weighted by Gasteiger charge is 2.18. The summed E-state index contributed by atoms with van der Waals surface area (Å²) in [6.07, 6.45) is 1.73. The molecule has 0 aliphatic rings. The van der Waals surface area contributed by atoms with Gasteiger partial charge in [-0.3, -0.25) is 9.78 Å². The van der Waals surface area contributed by atoms with Gasteiger partial charge in [-0.25, -0.2) is 0 Å². The van der Waals surface area contributed by atoms with E-state index < -0.39 is 0 Å². The van der Waals surface area contributed by atoms with Crippen LogP contribution in [0.25, 0.3) is 0 Å². The van der Waals surface area contributed by atoms with E-state index in [9.17, 15) is 4.79 Å². The Bertz CT molecular complexity index is 881. The SMILES string of the molecule is Cc1ccccc1Cn1c(C)cc(C)c1C(=O)NCc1ccccn1. The molecule has 0 bridgehead atoms. The lowest BCUT2D eigenvalue weighted by Crippen LogP contribution is -2.27. The van der Waals surface area contributed by atoms with Crippen LogP contribution in [0.15, 0.2) is 54.7 Å². The van der Waals surface area contributed by atoms with Crippen molar-refractivity contribution in [3.05, 3.63) is 88.5 Å². The smallest absolute Gasteiger partial charge is 0.268 e. The molecule has 0 radical (unpaired) electrons. The van der Waals surface area contributed by atoms with Crippen LogP contribution in [0.3, 0.4) is 0 Å². The topological polar surface area (TPSA) is 46.9 Å². The van der Waals surface area contributed by atoms with Crippen molar-refractivity contribution in [1.82, 2.24) is 14.9 Å². The minimum Gasteiger partial charge on any atom is -0.345 e. The molecule has 0 spiro atoms. The number of nitrogens with one attached hydrogen (secondary N) is 1. The fraction of sp³-hybridized carbons (Fsp3) is 0.238. The van der Waals surface area contributed by atoms with Crippen molar-refractivity contribution in [3.8, 4) is 0 Å². The van der Waals surface area contributed by atoms with Crippen molar-refractivity contribution >= 4 is 5.91 Å². The molecule has 0 aliphatic heterocycles. The van der Waals surface area contributed by atoms with Gasteiger partial charge in [0.1, 0.15) is 5.69 Å². The van der Waals surface area contributed by atoms with E-state index in [1.807, 2.05) is 44.2 Å². The van der Waals surface area contributed by atoms with Crippen molar-refractivity contribution in [2.75, 3.05) is 0 Å². The van der Waals surface area contributed by atoms with Gasteiger partial charge in [0.25, 0.3) is 5.91 Å². The molecule has 0 fully saturated rings. The zero-order chi connectivity index (χ0) is 17.8. The first-order valence-electron chi connectivity index (χ1n) is 8.45. The minimum atomic E-state index is -0.0650. The molecule has 2 heterocycles. The third-order valence-corrected chi connectivity index (χ3v) is 4.46. The summed E-state index contributed by atoms with van der Waals surface area (Å²) < 4.78 is 2.09. The molecule has 25 heavy (non-hydrogen) atoms. The molecule has 0 aliphatic carbocycles. The number of amides is 1. The number of rotatable bonds is 5. The van der Waals surface area contributed by atoms with Crippen LogP contribution < -0.4 is 5.32 Å². The third-order valence-electron chi connectivity index (χ3n) is 4.46. The lowest BCUT2D eigenvalue weighted by molar-refractivity contribution is 0.0940. The van der Waals surface area contributed by atoms with Crippen LogP contribution in [0.4, 0.5) is 0 Å². The quantitative estimate of drug-likeness (QED) is 0.772. The standard InChI is InChI=1S/C21H23N3O/c1-15-8-4-5-9-18(15)14-24-17(3)12-16(2)20(24)21(25)23-13-19-10-6-7-11-22-19/h4-12H,13-14H2,1-3H3,(H,23,25). The Balaban J connectivity index is 1.83. The van der Waals surface area contributed by atoms with E-state index in [1.54, 1.807) is 6.20 Å². The molecule has 4 heteroatoms. The monoisotopic (exact) mass is 333 g/mol. The Morgan fingerprint density at radius 3 is 2.52 bits per heavy atom. The normalized spacial score (nSPS) is 10.7. The molecule has 2 aromatic heterocycles. The Morgan fingerprint density at radius 1 is 1.04 bits per heavy atom. The highest BCUT2D eigenvalue weighted by molar-refractivity contribution is 5.94. The summed E-state index contributed by atoms with van der Waals surface area (Å²) >= 11 is 0. The van der Waals surface area contributed by atoms with Gasteiger partial charge in [-0.2, -0.15) is 0 Å². The van der Waals surface area contributed by atoms with Gasteiger partial charge in [-0.1, -0.05) is 30.3 Å². The van der Waals surface area contributed by atoms with Crippen LogP contribution >= 0.6 is 0 Å². The maximum Gasteiger partial charge on any atom is 0.268 e. The first kappa shape index (κ1) is 17.0. The van der Waals surface area contributed by atoms with Gasteiger partial charge < -0.3 is 9.88 Å². The summed E-state index contributed by atoms with van der Waals surface area (Å²) in [6.45, 7) is 7.24. The van der Waals surface area contributed by atoms with Crippen LogP contribution in [0.1, 0.15) is 38.6 Å². The van der Waals surface area contributed by atoms with Gasteiger partial charge >= 0.3 is 0 Å². The first-order chi connectivity index (χ1) is 12.1. The highest BCUT2D eigenvalue weighted by Crippen LogP contribution is 2.19. The van der Waals surface area contributed by atoms with E-state index in [0.717, 1.165) is 22.6 Å². The largest absolute Gasteiger partial charge is 0.345 e. The maximum atomic E-state index is 12.8. The van der Waals surface area contributed by atoms with Crippen molar-refractivity contribution in [2.24, 2.45) is 0 Å². The maximum absolute atomic E-state index is 12.8. The van der Waals surface area contributed by atoms with Gasteiger partial charge in [-0.05, 0) is 55.7 Å². The second-order valence-electron chi connectivity index (χ2n) is 6.33. The number of benzene rings is 1. The molecule has 4 nitrogen and oxygen atoms in total. The summed E-state index contributed by atoms with van der Waals surface area (Å²) in [7, 11) is 0. The van der Waals surface area contributed by atoms with Crippen LogP contribution in [0.2, 0.25) is 0 Å². The molecule has 1 aromatic carbocycles. The van der Waals surface area contributed by atoms with E-state index in [0.29, 0.717) is 13.1 Å². The van der Waals surface area contributed by atoms with E-state index in [4.69, 9.17) is 0 Å². The third kappa shape index (κ3) is 3.79. The van der Waals surface area contributed by atoms with Gasteiger partial charge in [0.15, 0.2) is 0 Å². The molecular weight excluding hydrogens is 310 g/mol. The zero-order valence-corrected chi connectivity index (χ0v) is 14.9. The van der Waals surface area contributed by atoms with Gasteiger partial charge in [0.05, 0.1) is 12.2 Å². The number of carbonyl (C=O) groups is 1. The molecule has 0 atom stereocenters. The van der Waals surface area contributed by atoms with Crippen LogP contribution in [0.5, 0.6) is 0 Å². The first-order valence-corrected chi connectivity index (χ1v) is 8.45. The van der Waals surface area contributed by atoms with Crippen molar-refractivity contribution in [3.63, 3.8) is 0 Å². The predicted octanol–water partition coefficient (Wildman–Crippen LogP) is 3.79. The lowest BCUT2D eigenvalue weighted by atomic mass is 10.1. The summed E-state index contributed by atoms with van der Waals surface area (Å²) in [4.78, 5) is 17.0. The van der Waals surface area contributed by atoms with Crippen molar-refractivity contribution in [2.45, 2.75) is 33.9 Å². The number of aromatic nitrogens is 2. The van der Waals surface area contributed by atoms with Crippen molar-refractivity contribution in [1.29, 1.82) is 0 Å². The van der Waals surface area contributed by atoms with Crippen LogP contribution in [0, 0.1) is 20.8 Å². The van der Waals surface area contributed by atoms with Crippen LogP contribution in [-0.4, -0.2) is 15.5 Å². The van der Waals surface area contributed by atoms with E-state index in [2.05, 4.69) is 40.0 Å². The second-order valence-corrected chi connectivity index (χ2v) is 6.33. The number of carbonyl (C=O) groups excluding carboxylic acids is 1. The molecule has 0 unspecified atom stereocenters. The van der Waals surface area contributed by atoms with Gasteiger partial charge in [0, 0.05) is 18.4 Å². The molecule has 128 valence electrons. The number of nitrogens with zero attached hydrogens (tertiary/aromatic N) is 2. The fourth-order valence-corrected chi connectivity index (χ4v) is 3.07. The molecule has 1 N–H and O–H groups in total.